The molecule has 0 heterocycles. The van der Waals surface area contributed by atoms with Gasteiger partial charge in [-0.1, -0.05) is 19.1 Å². The van der Waals surface area contributed by atoms with Gasteiger partial charge in [-0.25, -0.2) is 0 Å². The molecule has 0 spiro atoms. The van der Waals surface area contributed by atoms with Crippen LogP contribution in [-0.2, 0) is 38.1 Å². The Labute approximate surface area is 182 Å². The number of hydrogen-bond acceptors (Lipinski definition) is 8. The van der Waals surface area contributed by atoms with E-state index in [0.29, 0.717) is 38.5 Å². The Balaban J connectivity index is 1.93. The number of hydrogen-bond donors (Lipinski definition) is 0. The van der Waals surface area contributed by atoms with Gasteiger partial charge in [0.25, 0.3) is 0 Å². The highest BCUT2D eigenvalue weighted by molar-refractivity contribution is 6.01. The average Bonchev–Trinajstić information content (AvgIpc) is 2.80. The van der Waals surface area contributed by atoms with E-state index in [-0.39, 0.29) is 23.2 Å². The summed E-state index contributed by atoms with van der Waals surface area (Å²) in [5, 5.41) is 0. The molecule has 8 nitrogen and oxygen atoms in total. The van der Waals surface area contributed by atoms with Crippen LogP contribution >= 0.6 is 0 Å². The van der Waals surface area contributed by atoms with Crippen LogP contribution in [0.5, 0.6) is 0 Å². The lowest BCUT2D eigenvalue weighted by atomic mass is 9.47. The third-order valence-electron chi connectivity index (χ3n) is 8.23. The summed E-state index contributed by atoms with van der Waals surface area (Å²) in [5.41, 5.74) is -2.78. The number of esters is 4. The lowest BCUT2D eigenvalue weighted by Crippen LogP contribution is -2.56. The van der Waals surface area contributed by atoms with Gasteiger partial charge in [0.1, 0.15) is 0 Å². The first kappa shape index (κ1) is 23.3. The topological polar surface area (TPSA) is 105 Å². The largest absolute Gasteiger partial charge is 0.468 e. The van der Waals surface area contributed by atoms with Gasteiger partial charge in [-0.15, -0.1) is 0 Å². The van der Waals surface area contributed by atoms with E-state index in [1.54, 1.807) is 0 Å². The fourth-order valence-corrected chi connectivity index (χ4v) is 6.38. The van der Waals surface area contributed by atoms with Gasteiger partial charge < -0.3 is 18.9 Å². The molecule has 0 bridgehead atoms. The second kappa shape index (κ2) is 8.28. The number of ether oxygens (including phenoxy) is 4. The molecule has 0 aliphatic heterocycles. The molecule has 3 rings (SSSR count). The van der Waals surface area contributed by atoms with Gasteiger partial charge in [-0.3, -0.25) is 19.2 Å². The van der Waals surface area contributed by atoms with Crippen molar-refractivity contribution in [3.8, 4) is 0 Å². The summed E-state index contributed by atoms with van der Waals surface area (Å²) >= 11 is 0. The molecule has 0 N–H and O–H groups in total. The van der Waals surface area contributed by atoms with Gasteiger partial charge in [-0.05, 0) is 61.7 Å². The highest BCUT2D eigenvalue weighted by Crippen LogP contribution is 2.62. The molecule has 8 heteroatoms. The fourth-order valence-electron chi connectivity index (χ4n) is 6.38. The molecular weight excluding hydrogens is 404 g/mol. The number of methoxy groups -OCH3 is 4. The normalized spacial score (nSPS) is 32.6. The molecule has 0 saturated heterocycles. The van der Waals surface area contributed by atoms with E-state index in [4.69, 9.17) is 18.9 Å². The average molecular weight is 437 g/mol. The minimum absolute atomic E-state index is 0.00282. The molecule has 0 radical (unpaired) electrons. The van der Waals surface area contributed by atoms with Crippen molar-refractivity contribution in [2.24, 2.45) is 34.0 Å². The van der Waals surface area contributed by atoms with Crippen molar-refractivity contribution in [1.29, 1.82) is 0 Å². The van der Waals surface area contributed by atoms with Crippen LogP contribution in [0.2, 0.25) is 0 Å². The molecule has 0 amide bonds. The van der Waals surface area contributed by atoms with Gasteiger partial charge in [-0.2, -0.15) is 0 Å². The Hall–Kier alpha value is -2.38. The molecule has 31 heavy (non-hydrogen) atoms. The number of allylic oxidation sites excluding steroid dienone is 2. The monoisotopic (exact) mass is 436 g/mol. The maximum absolute atomic E-state index is 12.6. The molecule has 0 aromatic rings. The maximum Gasteiger partial charge on any atom is 0.323 e. The Morgan fingerprint density at radius 1 is 0.710 bits per heavy atom. The highest BCUT2D eigenvalue weighted by Gasteiger charge is 2.62. The zero-order valence-corrected chi connectivity index (χ0v) is 18.9. The van der Waals surface area contributed by atoms with Crippen LogP contribution in [0.3, 0.4) is 0 Å². The van der Waals surface area contributed by atoms with E-state index < -0.39 is 34.7 Å². The number of carbonyl (C=O) groups is 4. The first-order valence-corrected chi connectivity index (χ1v) is 10.7. The van der Waals surface area contributed by atoms with Crippen LogP contribution < -0.4 is 0 Å². The van der Waals surface area contributed by atoms with Crippen LogP contribution in [0.25, 0.3) is 0 Å². The molecule has 0 unspecified atom stereocenters. The summed E-state index contributed by atoms with van der Waals surface area (Å²) in [6, 6.07) is 0. The summed E-state index contributed by atoms with van der Waals surface area (Å²) in [4.78, 5) is 50.4. The SMILES string of the molecule is COC(=O)C1(C(=O)OC)CC[C@@H]2[C@@H](C=C[C@H]3CC(C(=O)OC)(C(=O)OC)CC[C@@]23C)C1. The molecule has 2 fully saturated rings. The highest BCUT2D eigenvalue weighted by atomic mass is 16.6. The minimum Gasteiger partial charge on any atom is -0.468 e. The van der Waals surface area contributed by atoms with Crippen LogP contribution in [0.4, 0.5) is 0 Å². The zero-order valence-electron chi connectivity index (χ0n) is 18.9. The van der Waals surface area contributed by atoms with Gasteiger partial charge in [0.05, 0.1) is 28.4 Å². The molecule has 4 atom stereocenters. The minimum atomic E-state index is -1.30. The van der Waals surface area contributed by atoms with Crippen LogP contribution in [0, 0.1) is 34.0 Å². The molecule has 3 aliphatic carbocycles. The third kappa shape index (κ3) is 3.34. The van der Waals surface area contributed by atoms with E-state index in [2.05, 4.69) is 6.92 Å². The Kier molecular flexibility index (Phi) is 6.22. The predicted octanol–water partition coefficient (Wildman–Crippen LogP) is 2.44. The van der Waals surface area contributed by atoms with Crippen molar-refractivity contribution < 1.29 is 38.1 Å². The lowest BCUT2D eigenvalue weighted by Gasteiger charge is -2.57. The van der Waals surface area contributed by atoms with E-state index in [0.717, 1.165) is 0 Å². The molecule has 3 aliphatic rings. The summed E-state index contributed by atoms with van der Waals surface area (Å²) in [7, 11) is 5.14. The fraction of sp³-hybridized carbons (Fsp3) is 0.739. The van der Waals surface area contributed by atoms with Gasteiger partial charge in [0.15, 0.2) is 10.8 Å². The number of fused-ring (bicyclic) bond motifs is 3. The third-order valence-corrected chi connectivity index (χ3v) is 8.23. The van der Waals surface area contributed by atoms with Crippen molar-refractivity contribution in [3.05, 3.63) is 12.2 Å². The van der Waals surface area contributed by atoms with E-state index in [1.165, 1.54) is 28.4 Å². The standard InChI is InChI=1S/C23H32O8/c1-21-10-11-23(19(26)30-4,20(27)31-5)13-15(21)7-6-14-12-22(17(24)28-2,18(25)29-3)9-8-16(14)21/h6-7,14-16H,8-13H2,1-5H3/t14-,15-,16+,21+/m0/s1. The molecule has 2 saturated carbocycles. The molecule has 0 aromatic carbocycles. The zero-order chi connectivity index (χ0) is 23.0. The summed E-state index contributed by atoms with van der Waals surface area (Å²) < 4.78 is 19.9. The molecular formula is C23H32O8. The quantitative estimate of drug-likeness (QED) is 0.286. The molecule has 0 aromatic heterocycles. The number of rotatable bonds is 4. The van der Waals surface area contributed by atoms with Crippen LogP contribution in [-0.4, -0.2) is 52.3 Å². The molecule has 172 valence electrons. The number of carbonyl (C=O) groups excluding carboxylic acids is 4. The summed E-state index contributed by atoms with van der Waals surface area (Å²) in [6.45, 7) is 2.18. The Morgan fingerprint density at radius 3 is 1.68 bits per heavy atom. The smallest absolute Gasteiger partial charge is 0.323 e. The lowest BCUT2D eigenvalue weighted by molar-refractivity contribution is -0.182. The second-order valence-electron chi connectivity index (χ2n) is 9.35. The first-order valence-electron chi connectivity index (χ1n) is 10.7. The summed E-state index contributed by atoms with van der Waals surface area (Å²) in [5.74, 6) is -2.05. The van der Waals surface area contributed by atoms with Crippen molar-refractivity contribution in [3.63, 3.8) is 0 Å². The summed E-state index contributed by atoms with van der Waals surface area (Å²) in [6.07, 6.45) is 6.69. The Bertz CT molecular complexity index is 767. The van der Waals surface area contributed by atoms with Crippen molar-refractivity contribution in [2.45, 2.75) is 45.4 Å². The van der Waals surface area contributed by atoms with Gasteiger partial charge >= 0.3 is 23.9 Å². The van der Waals surface area contributed by atoms with E-state index in [9.17, 15) is 19.2 Å². The van der Waals surface area contributed by atoms with Crippen LogP contribution in [0.15, 0.2) is 12.2 Å². The van der Waals surface area contributed by atoms with Gasteiger partial charge in [0, 0.05) is 0 Å². The van der Waals surface area contributed by atoms with Crippen molar-refractivity contribution in [1.82, 2.24) is 0 Å². The van der Waals surface area contributed by atoms with Crippen molar-refractivity contribution in [2.75, 3.05) is 28.4 Å². The van der Waals surface area contributed by atoms with Gasteiger partial charge in [0.2, 0.25) is 0 Å². The first-order chi connectivity index (χ1) is 14.6. The van der Waals surface area contributed by atoms with E-state index in [1.807, 2.05) is 12.2 Å². The van der Waals surface area contributed by atoms with E-state index >= 15 is 0 Å². The van der Waals surface area contributed by atoms with Crippen molar-refractivity contribution >= 4 is 23.9 Å². The maximum atomic E-state index is 12.6. The Morgan fingerprint density at radius 2 is 1.19 bits per heavy atom. The second-order valence-corrected chi connectivity index (χ2v) is 9.35. The van der Waals surface area contributed by atoms with Crippen LogP contribution in [0.1, 0.15) is 45.4 Å². The predicted molar refractivity (Wildman–Crippen MR) is 108 cm³/mol.